The summed E-state index contributed by atoms with van der Waals surface area (Å²) in [7, 11) is 0. The minimum atomic E-state index is 0.393. The van der Waals surface area contributed by atoms with Crippen LogP contribution in [0.3, 0.4) is 0 Å². The fourth-order valence-electron chi connectivity index (χ4n) is 1.06. The van der Waals surface area contributed by atoms with Gasteiger partial charge in [0.1, 0.15) is 0 Å². The fourth-order valence-corrected chi connectivity index (χ4v) is 2.00. The predicted molar refractivity (Wildman–Crippen MR) is 40.7 cm³/mol. The number of fused-ring (bicyclic) bond motifs is 1. The molecule has 1 atom stereocenters. The van der Waals surface area contributed by atoms with E-state index in [1.807, 2.05) is 6.92 Å². The van der Waals surface area contributed by atoms with Crippen molar-refractivity contribution < 1.29 is 0 Å². The maximum absolute atomic E-state index is 4.17. The smallest absolute Gasteiger partial charge is 0.0949 e. The van der Waals surface area contributed by atoms with Gasteiger partial charge in [-0.1, -0.05) is 0 Å². The molecule has 2 rings (SSSR count). The van der Waals surface area contributed by atoms with Gasteiger partial charge in [0.15, 0.2) is 0 Å². The fraction of sp³-hybridized carbons (Fsp3) is 0.500. The molecule has 0 aromatic carbocycles. The summed E-state index contributed by atoms with van der Waals surface area (Å²) in [6.07, 6.45) is 0. The van der Waals surface area contributed by atoms with Gasteiger partial charge in [-0.05, 0) is 25.8 Å². The zero-order valence-electron chi connectivity index (χ0n) is 5.93. The second-order valence-electron chi connectivity index (χ2n) is 2.50. The van der Waals surface area contributed by atoms with Gasteiger partial charge < -0.3 is 0 Å². The molecule has 0 aliphatic carbocycles. The lowest BCUT2D eigenvalue weighted by atomic mass is 10.2. The van der Waals surface area contributed by atoms with Gasteiger partial charge in [-0.25, -0.2) is 0 Å². The molecule has 10 heavy (non-hydrogen) atoms. The lowest BCUT2D eigenvalue weighted by Gasteiger charge is -1.96. The van der Waals surface area contributed by atoms with Crippen LogP contribution in [0.2, 0.25) is 0 Å². The Morgan fingerprint density at radius 1 is 1.60 bits per heavy atom. The summed E-state index contributed by atoms with van der Waals surface area (Å²) in [4.78, 5) is 1.27. The molecule has 1 aliphatic rings. The van der Waals surface area contributed by atoms with Crippen LogP contribution >= 0.6 is 11.9 Å². The molecule has 1 aromatic rings. The van der Waals surface area contributed by atoms with Crippen LogP contribution in [-0.2, 0) is 0 Å². The lowest BCUT2D eigenvalue weighted by Crippen LogP contribution is -2.03. The number of hydrogen-bond donors (Lipinski definition) is 2. The van der Waals surface area contributed by atoms with E-state index in [0.29, 0.717) is 6.04 Å². The highest BCUT2D eigenvalue weighted by atomic mass is 32.2. The Morgan fingerprint density at radius 3 is 3.10 bits per heavy atom. The second-order valence-corrected chi connectivity index (χ2v) is 3.35. The summed E-state index contributed by atoms with van der Waals surface area (Å²) in [6, 6.07) is 0.393. The maximum Gasteiger partial charge on any atom is 0.0949 e. The van der Waals surface area contributed by atoms with E-state index in [-0.39, 0.29) is 0 Å². The SMILES string of the molecule is Cc1[nH]nc2c1SNC2C. The average molecular weight is 155 g/mol. The Morgan fingerprint density at radius 2 is 2.40 bits per heavy atom. The molecule has 1 unspecified atom stereocenters. The Hall–Kier alpha value is -0.480. The molecule has 2 N–H and O–H groups in total. The molecule has 0 saturated carbocycles. The summed E-state index contributed by atoms with van der Waals surface area (Å²) in [5.41, 5.74) is 2.32. The molecular formula is C6H9N3S. The van der Waals surface area contributed by atoms with E-state index in [1.54, 1.807) is 11.9 Å². The van der Waals surface area contributed by atoms with Crippen molar-refractivity contribution in [2.24, 2.45) is 0 Å². The summed E-state index contributed by atoms with van der Waals surface area (Å²) in [6.45, 7) is 4.15. The van der Waals surface area contributed by atoms with Crippen molar-refractivity contribution in [1.29, 1.82) is 0 Å². The second kappa shape index (κ2) is 2.00. The Kier molecular flexibility index (Phi) is 1.25. The minimum Gasteiger partial charge on any atom is -0.281 e. The summed E-state index contributed by atoms with van der Waals surface area (Å²) in [5.74, 6) is 0. The van der Waals surface area contributed by atoms with Gasteiger partial charge in [0.05, 0.1) is 16.6 Å². The van der Waals surface area contributed by atoms with Crippen LogP contribution in [0.4, 0.5) is 0 Å². The molecular weight excluding hydrogens is 146 g/mol. The maximum atomic E-state index is 4.17. The number of aromatic nitrogens is 2. The van der Waals surface area contributed by atoms with Crippen molar-refractivity contribution in [3.05, 3.63) is 11.4 Å². The topological polar surface area (TPSA) is 40.7 Å². The average Bonchev–Trinajstić information content (AvgIpc) is 2.41. The van der Waals surface area contributed by atoms with E-state index in [9.17, 15) is 0 Å². The highest BCUT2D eigenvalue weighted by Crippen LogP contribution is 2.34. The Labute approximate surface area is 63.7 Å². The van der Waals surface area contributed by atoms with E-state index in [0.717, 1.165) is 11.4 Å². The van der Waals surface area contributed by atoms with Crippen LogP contribution in [0.25, 0.3) is 0 Å². The van der Waals surface area contributed by atoms with Crippen LogP contribution in [0, 0.1) is 6.92 Å². The normalized spacial score (nSPS) is 23.2. The van der Waals surface area contributed by atoms with Crippen molar-refractivity contribution in [2.75, 3.05) is 0 Å². The first kappa shape index (κ1) is 6.24. The highest BCUT2D eigenvalue weighted by Gasteiger charge is 2.23. The van der Waals surface area contributed by atoms with Crippen LogP contribution in [-0.4, -0.2) is 10.2 Å². The number of aromatic amines is 1. The molecule has 54 valence electrons. The third-order valence-corrected chi connectivity index (χ3v) is 2.86. The summed E-state index contributed by atoms with van der Waals surface area (Å²) < 4.78 is 3.24. The van der Waals surface area contributed by atoms with E-state index < -0.39 is 0 Å². The van der Waals surface area contributed by atoms with Gasteiger partial charge in [-0.15, -0.1) is 0 Å². The Bertz CT molecular complexity index is 255. The summed E-state index contributed by atoms with van der Waals surface area (Å²) in [5, 5.41) is 7.13. The van der Waals surface area contributed by atoms with E-state index in [4.69, 9.17) is 0 Å². The van der Waals surface area contributed by atoms with E-state index >= 15 is 0 Å². The zero-order chi connectivity index (χ0) is 7.14. The minimum absolute atomic E-state index is 0.393. The molecule has 0 radical (unpaired) electrons. The predicted octanol–water partition coefficient (Wildman–Crippen LogP) is 1.39. The molecule has 0 bridgehead atoms. The standard InChI is InChI=1S/C6H9N3S/c1-3-5-6(10-9-3)4(2)7-8-5/h3,9H,1-2H3,(H,7,8). The van der Waals surface area contributed by atoms with Crippen molar-refractivity contribution in [3.8, 4) is 0 Å². The molecule has 2 heterocycles. The van der Waals surface area contributed by atoms with Crippen LogP contribution in [0.1, 0.15) is 24.4 Å². The van der Waals surface area contributed by atoms with Gasteiger partial charge in [0.2, 0.25) is 0 Å². The van der Waals surface area contributed by atoms with Crippen molar-refractivity contribution in [2.45, 2.75) is 24.8 Å². The van der Waals surface area contributed by atoms with Gasteiger partial charge >= 0.3 is 0 Å². The quantitative estimate of drug-likeness (QED) is 0.556. The molecule has 0 amide bonds. The number of hydrogen-bond acceptors (Lipinski definition) is 3. The van der Waals surface area contributed by atoms with Gasteiger partial charge in [0.25, 0.3) is 0 Å². The van der Waals surface area contributed by atoms with Crippen LogP contribution < -0.4 is 4.72 Å². The highest BCUT2D eigenvalue weighted by molar-refractivity contribution is 7.97. The van der Waals surface area contributed by atoms with Crippen LogP contribution in [0.5, 0.6) is 0 Å². The molecule has 3 nitrogen and oxygen atoms in total. The number of rotatable bonds is 0. The number of nitrogens with one attached hydrogen (secondary N) is 2. The van der Waals surface area contributed by atoms with Gasteiger partial charge in [-0.2, -0.15) is 5.10 Å². The molecule has 0 spiro atoms. The van der Waals surface area contributed by atoms with E-state index in [2.05, 4.69) is 21.8 Å². The Balaban J connectivity index is 2.53. The number of aryl methyl sites for hydroxylation is 1. The summed E-state index contributed by atoms with van der Waals surface area (Å²) >= 11 is 1.67. The number of nitrogens with zero attached hydrogens (tertiary/aromatic N) is 1. The third-order valence-electron chi connectivity index (χ3n) is 1.67. The van der Waals surface area contributed by atoms with Crippen molar-refractivity contribution in [1.82, 2.24) is 14.9 Å². The first-order valence-corrected chi connectivity index (χ1v) is 4.08. The first-order valence-electron chi connectivity index (χ1n) is 3.26. The zero-order valence-corrected chi connectivity index (χ0v) is 6.75. The monoisotopic (exact) mass is 155 g/mol. The van der Waals surface area contributed by atoms with Crippen LogP contribution in [0.15, 0.2) is 4.90 Å². The molecule has 1 aromatic heterocycles. The molecule has 0 fully saturated rings. The van der Waals surface area contributed by atoms with Crippen molar-refractivity contribution in [3.63, 3.8) is 0 Å². The first-order chi connectivity index (χ1) is 4.79. The van der Waals surface area contributed by atoms with E-state index in [1.165, 1.54) is 4.90 Å². The molecule has 1 aliphatic heterocycles. The van der Waals surface area contributed by atoms with Crippen molar-refractivity contribution >= 4 is 11.9 Å². The molecule has 4 heteroatoms. The largest absolute Gasteiger partial charge is 0.281 e. The lowest BCUT2D eigenvalue weighted by molar-refractivity contribution is 0.729. The van der Waals surface area contributed by atoms with Gasteiger partial charge in [-0.3, -0.25) is 9.82 Å². The third kappa shape index (κ3) is 0.690. The molecule has 0 saturated heterocycles. The van der Waals surface area contributed by atoms with Gasteiger partial charge in [0, 0.05) is 5.69 Å². The number of H-pyrrole nitrogens is 1.